The molecule has 2 unspecified atom stereocenters. The van der Waals surface area contributed by atoms with Gasteiger partial charge in [-0.05, 0) is 67.2 Å². The summed E-state index contributed by atoms with van der Waals surface area (Å²) in [5.74, 6) is -0.186. The minimum atomic E-state index is -0.647. The van der Waals surface area contributed by atoms with Gasteiger partial charge in [0.15, 0.2) is 0 Å². The zero-order valence-corrected chi connectivity index (χ0v) is 27.6. The van der Waals surface area contributed by atoms with Gasteiger partial charge in [0, 0.05) is 30.7 Å². The normalized spacial score (nSPS) is 29.2. The summed E-state index contributed by atoms with van der Waals surface area (Å²) in [7, 11) is 0. The molecule has 0 aromatic carbocycles. The van der Waals surface area contributed by atoms with Crippen LogP contribution in [0.4, 0.5) is 0 Å². The molecule has 0 aromatic heterocycles. The standard InChI is InChI=1S/C34H57N5O4/c1-9-10-13-27-33(7,8)34(27)17-26(30(42)35-18-22(2)40)39(21-34)28(41)19-36-31(43)29(32(4,5)6)37-23(3)24-12-11-16-38(20-24)25-14-15-25/h24-27,29,37,40H,2-3,9-21H2,1,4-8H3,(H,35,42)(H,36,43)/t24-,26-,27?,29+,34?/m0/s1. The third-order valence-electron chi connectivity index (χ3n) is 10.9. The summed E-state index contributed by atoms with van der Waals surface area (Å²) in [5.41, 5.74) is 0.388. The molecule has 2 saturated heterocycles. The summed E-state index contributed by atoms with van der Waals surface area (Å²) in [6.07, 6.45) is 8.64. The number of nitrogens with zero attached hydrogens (tertiary/aromatic N) is 2. The fraction of sp³-hybridized carbons (Fsp3) is 0.794. The van der Waals surface area contributed by atoms with E-state index in [0.717, 1.165) is 50.9 Å². The molecule has 0 bridgehead atoms. The Morgan fingerprint density at radius 2 is 1.77 bits per heavy atom. The predicted octanol–water partition coefficient (Wildman–Crippen LogP) is 4.12. The summed E-state index contributed by atoms with van der Waals surface area (Å²) < 4.78 is 0. The third kappa shape index (κ3) is 7.23. The van der Waals surface area contributed by atoms with Gasteiger partial charge in [-0.2, -0.15) is 0 Å². The highest BCUT2D eigenvalue weighted by molar-refractivity contribution is 5.92. The number of rotatable bonds is 13. The Hall–Kier alpha value is -2.55. The van der Waals surface area contributed by atoms with E-state index in [2.05, 4.69) is 54.8 Å². The van der Waals surface area contributed by atoms with Crippen molar-refractivity contribution in [3.05, 3.63) is 24.6 Å². The second-order valence-corrected chi connectivity index (χ2v) is 15.3. The van der Waals surface area contributed by atoms with Crippen LogP contribution in [-0.4, -0.2) is 83.5 Å². The Morgan fingerprint density at radius 1 is 1.07 bits per heavy atom. The van der Waals surface area contributed by atoms with Gasteiger partial charge in [-0.1, -0.05) is 67.5 Å². The number of nitrogens with one attached hydrogen (secondary N) is 3. The van der Waals surface area contributed by atoms with E-state index in [4.69, 9.17) is 0 Å². The molecule has 4 aliphatic rings. The number of amides is 3. The van der Waals surface area contributed by atoms with Crippen molar-refractivity contribution < 1.29 is 19.5 Å². The van der Waals surface area contributed by atoms with Gasteiger partial charge in [0.25, 0.3) is 0 Å². The van der Waals surface area contributed by atoms with Crippen molar-refractivity contribution in [2.75, 3.05) is 32.7 Å². The molecule has 5 atom stereocenters. The molecule has 2 saturated carbocycles. The largest absolute Gasteiger partial charge is 0.511 e. The SMILES string of the molecule is C=C(O)CNC(=O)[C@@H]1CC2(CN1C(=O)CNC(=O)[C@@H](NC(=C)[C@H]1CCCN(C3CC3)C1)C(C)(C)C)C(CCCC)C2(C)C. The van der Waals surface area contributed by atoms with Crippen molar-refractivity contribution in [1.29, 1.82) is 0 Å². The molecule has 1 spiro atoms. The molecule has 2 aliphatic carbocycles. The summed E-state index contributed by atoms with van der Waals surface area (Å²) >= 11 is 0. The van der Waals surface area contributed by atoms with E-state index >= 15 is 0 Å². The van der Waals surface area contributed by atoms with E-state index in [1.54, 1.807) is 4.90 Å². The number of hydrogen-bond acceptors (Lipinski definition) is 6. The van der Waals surface area contributed by atoms with Crippen LogP contribution in [0.25, 0.3) is 0 Å². The maximum atomic E-state index is 13.7. The second kappa shape index (κ2) is 12.8. The van der Waals surface area contributed by atoms with Crippen molar-refractivity contribution in [3.63, 3.8) is 0 Å². The van der Waals surface area contributed by atoms with Crippen LogP contribution in [0.2, 0.25) is 0 Å². The van der Waals surface area contributed by atoms with Gasteiger partial charge in [-0.3, -0.25) is 19.3 Å². The number of unbranched alkanes of at least 4 members (excludes halogenated alkanes) is 1. The van der Waals surface area contributed by atoms with Gasteiger partial charge in [-0.25, -0.2) is 0 Å². The molecule has 9 heteroatoms. The highest BCUT2D eigenvalue weighted by Gasteiger charge is 2.74. The van der Waals surface area contributed by atoms with Gasteiger partial charge in [0.05, 0.1) is 13.1 Å². The van der Waals surface area contributed by atoms with Crippen LogP contribution >= 0.6 is 0 Å². The Balaban J connectivity index is 1.41. The van der Waals surface area contributed by atoms with Crippen LogP contribution in [0.3, 0.4) is 0 Å². The van der Waals surface area contributed by atoms with Gasteiger partial charge in [0.1, 0.15) is 17.8 Å². The number of piperidine rings is 1. The van der Waals surface area contributed by atoms with Crippen LogP contribution in [-0.2, 0) is 14.4 Å². The summed E-state index contributed by atoms with van der Waals surface area (Å²) in [5, 5.41) is 18.7. The first-order chi connectivity index (χ1) is 20.1. The molecule has 2 heterocycles. The lowest BCUT2D eigenvalue weighted by Gasteiger charge is -2.37. The van der Waals surface area contributed by atoms with Crippen LogP contribution in [0, 0.1) is 28.1 Å². The molecule has 4 N–H and O–H groups in total. The molecule has 242 valence electrons. The molecular weight excluding hydrogens is 542 g/mol. The van der Waals surface area contributed by atoms with Crippen LogP contribution in [0.5, 0.6) is 0 Å². The number of carbonyl (C=O) groups is 3. The fourth-order valence-corrected chi connectivity index (χ4v) is 7.97. The minimum Gasteiger partial charge on any atom is -0.511 e. The first kappa shape index (κ1) is 33.3. The lowest BCUT2D eigenvalue weighted by Crippen LogP contribution is -2.55. The van der Waals surface area contributed by atoms with E-state index in [9.17, 15) is 19.5 Å². The minimum absolute atomic E-state index is 0.0232. The second-order valence-electron chi connectivity index (χ2n) is 15.3. The van der Waals surface area contributed by atoms with E-state index in [1.165, 1.54) is 12.8 Å². The van der Waals surface area contributed by atoms with Gasteiger partial charge < -0.3 is 26.0 Å². The van der Waals surface area contributed by atoms with E-state index in [0.29, 0.717) is 30.8 Å². The topological polar surface area (TPSA) is 114 Å². The number of hydrogen-bond donors (Lipinski definition) is 4. The highest BCUT2D eigenvalue weighted by atomic mass is 16.3. The first-order valence-electron chi connectivity index (χ1n) is 16.5. The highest BCUT2D eigenvalue weighted by Crippen LogP contribution is 2.75. The lowest BCUT2D eigenvalue weighted by atomic mass is 9.84. The summed E-state index contributed by atoms with van der Waals surface area (Å²) in [6.45, 7) is 22.9. The Kier molecular flexibility index (Phi) is 9.94. The van der Waals surface area contributed by atoms with Crippen molar-refractivity contribution in [3.8, 4) is 0 Å². The smallest absolute Gasteiger partial charge is 0.243 e. The van der Waals surface area contributed by atoms with Crippen molar-refractivity contribution >= 4 is 17.7 Å². The zero-order chi connectivity index (χ0) is 31.7. The van der Waals surface area contributed by atoms with Crippen LogP contribution in [0.15, 0.2) is 24.6 Å². The summed E-state index contributed by atoms with van der Waals surface area (Å²) in [4.78, 5) is 44.8. The van der Waals surface area contributed by atoms with E-state index < -0.39 is 17.5 Å². The predicted molar refractivity (Wildman–Crippen MR) is 170 cm³/mol. The summed E-state index contributed by atoms with van der Waals surface area (Å²) in [6, 6.07) is -0.485. The molecule has 4 fully saturated rings. The van der Waals surface area contributed by atoms with Crippen molar-refractivity contribution in [1.82, 2.24) is 25.8 Å². The van der Waals surface area contributed by atoms with Gasteiger partial charge >= 0.3 is 0 Å². The molecule has 0 radical (unpaired) electrons. The lowest BCUT2D eigenvalue weighted by molar-refractivity contribution is -0.139. The number of carbonyl (C=O) groups excluding carboxylic acids is 3. The van der Waals surface area contributed by atoms with Crippen molar-refractivity contribution in [2.45, 2.75) is 111 Å². The van der Waals surface area contributed by atoms with E-state index in [-0.39, 0.29) is 47.4 Å². The van der Waals surface area contributed by atoms with Crippen LogP contribution < -0.4 is 16.0 Å². The van der Waals surface area contributed by atoms with Gasteiger partial charge in [-0.15, -0.1) is 0 Å². The molecule has 9 nitrogen and oxygen atoms in total. The van der Waals surface area contributed by atoms with E-state index in [1.807, 2.05) is 20.8 Å². The average Bonchev–Trinajstić information content (AvgIpc) is 3.81. The quantitative estimate of drug-likeness (QED) is 0.237. The average molecular weight is 600 g/mol. The number of aliphatic hydroxyl groups excluding tert-OH is 1. The molecule has 0 aromatic rings. The molecule has 4 rings (SSSR count). The van der Waals surface area contributed by atoms with Crippen molar-refractivity contribution in [2.24, 2.45) is 28.1 Å². The molecule has 2 aliphatic heterocycles. The number of aliphatic hydroxyl groups is 1. The maximum absolute atomic E-state index is 13.7. The fourth-order valence-electron chi connectivity index (χ4n) is 7.97. The number of likely N-dealkylation sites (tertiary alicyclic amines) is 2. The zero-order valence-electron chi connectivity index (χ0n) is 27.6. The Bertz CT molecular complexity index is 1090. The molecule has 43 heavy (non-hydrogen) atoms. The van der Waals surface area contributed by atoms with Gasteiger partial charge in [0.2, 0.25) is 17.7 Å². The molecule has 3 amide bonds. The molecular formula is C34H57N5O4. The monoisotopic (exact) mass is 599 g/mol. The van der Waals surface area contributed by atoms with Crippen LogP contribution in [0.1, 0.15) is 92.9 Å². The third-order valence-corrected chi connectivity index (χ3v) is 10.9. The Morgan fingerprint density at radius 3 is 2.37 bits per heavy atom. The first-order valence-corrected chi connectivity index (χ1v) is 16.5. The Labute approximate surface area is 259 Å². The maximum Gasteiger partial charge on any atom is 0.243 e.